The maximum absolute atomic E-state index is 5.13. The van der Waals surface area contributed by atoms with Crippen LogP contribution in [-0.2, 0) is 0 Å². The quantitative estimate of drug-likeness (QED) is 0.605. The molecule has 0 aromatic carbocycles. The molecule has 11 heavy (non-hydrogen) atoms. The van der Waals surface area contributed by atoms with E-state index < -0.39 is 0 Å². The van der Waals surface area contributed by atoms with Crippen molar-refractivity contribution in [1.82, 2.24) is 5.16 Å². The minimum Gasteiger partial charge on any atom is -0.360 e. The second-order valence-electron chi connectivity index (χ2n) is 2.92. The molecule has 0 radical (unpaired) electrons. The molecule has 0 aliphatic heterocycles. The van der Waals surface area contributed by atoms with Crippen LogP contribution >= 0.6 is 22.6 Å². The van der Waals surface area contributed by atoms with Crippen molar-refractivity contribution in [2.24, 2.45) is 0 Å². The smallest absolute Gasteiger partial charge is 0.149 e. The summed E-state index contributed by atoms with van der Waals surface area (Å²) in [7, 11) is 0. The molecule has 1 heterocycles. The Labute approximate surface area is 80.5 Å². The van der Waals surface area contributed by atoms with Crippen molar-refractivity contribution in [3.63, 3.8) is 0 Å². The van der Waals surface area contributed by atoms with Crippen LogP contribution in [0.15, 0.2) is 10.6 Å². The fourth-order valence-corrected chi connectivity index (χ4v) is 1.06. The van der Waals surface area contributed by atoms with E-state index in [9.17, 15) is 0 Å². The van der Waals surface area contributed by atoms with Gasteiger partial charge in [-0.25, -0.2) is 0 Å². The molecule has 0 amide bonds. The lowest BCUT2D eigenvalue weighted by Gasteiger charge is -1.94. The third-order valence-corrected chi connectivity index (χ3v) is 2.14. The Hall–Kier alpha value is -0.0600. The van der Waals surface area contributed by atoms with Gasteiger partial charge in [-0.2, -0.15) is 0 Å². The summed E-state index contributed by atoms with van der Waals surface area (Å²) in [5, 5.41) is 3.96. The van der Waals surface area contributed by atoms with Crippen molar-refractivity contribution < 1.29 is 4.52 Å². The Morgan fingerprint density at radius 3 is 2.36 bits per heavy atom. The zero-order valence-corrected chi connectivity index (χ0v) is 9.12. The lowest BCUT2D eigenvalue weighted by Crippen LogP contribution is -1.84. The Morgan fingerprint density at radius 2 is 2.09 bits per heavy atom. The molecular formula is C8H12INO. The van der Waals surface area contributed by atoms with Crippen LogP contribution < -0.4 is 0 Å². The number of aromatic nitrogens is 1. The van der Waals surface area contributed by atoms with Crippen LogP contribution in [0, 0.1) is 0 Å². The zero-order valence-electron chi connectivity index (χ0n) is 6.97. The summed E-state index contributed by atoms with van der Waals surface area (Å²) in [6.07, 6.45) is 0. The summed E-state index contributed by atoms with van der Waals surface area (Å²) in [5.41, 5.74) is 1.04. The average molecular weight is 265 g/mol. The summed E-state index contributed by atoms with van der Waals surface area (Å²) in [4.78, 5) is 0. The summed E-state index contributed by atoms with van der Waals surface area (Å²) in [6, 6.07) is 2.03. The first-order valence-corrected chi connectivity index (χ1v) is 4.96. The molecule has 3 heteroatoms. The molecule has 0 saturated heterocycles. The van der Waals surface area contributed by atoms with Gasteiger partial charge in [0.1, 0.15) is 5.76 Å². The van der Waals surface area contributed by atoms with Crippen LogP contribution in [0.2, 0.25) is 0 Å². The van der Waals surface area contributed by atoms with Crippen molar-refractivity contribution in [3.8, 4) is 0 Å². The van der Waals surface area contributed by atoms with Crippen LogP contribution in [0.4, 0.5) is 0 Å². The van der Waals surface area contributed by atoms with Gasteiger partial charge in [-0.3, -0.25) is 0 Å². The highest BCUT2D eigenvalue weighted by Crippen LogP contribution is 2.24. The van der Waals surface area contributed by atoms with E-state index in [0.29, 0.717) is 9.84 Å². The maximum Gasteiger partial charge on any atom is 0.149 e. The highest BCUT2D eigenvalue weighted by Gasteiger charge is 2.10. The molecule has 0 saturated carbocycles. The molecule has 1 aromatic heterocycles. The molecule has 0 aliphatic rings. The number of alkyl halides is 1. The molecule has 1 aromatic rings. The van der Waals surface area contributed by atoms with Gasteiger partial charge in [-0.05, 0) is 12.8 Å². The van der Waals surface area contributed by atoms with Crippen molar-refractivity contribution in [1.29, 1.82) is 0 Å². The van der Waals surface area contributed by atoms with E-state index in [1.54, 1.807) is 0 Å². The van der Waals surface area contributed by atoms with Crippen molar-refractivity contribution in [2.75, 3.05) is 0 Å². The Kier molecular flexibility index (Phi) is 2.92. The Morgan fingerprint density at radius 1 is 1.45 bits per heavy atom. The van der Waals surface area contributed by atoms with Gasteiger partial charge in [0.25, 0.3) is 0 Å². The first-order valence-electron chi connectivity index (χ1n) is 3.72. The zero-order chi connectivity index (χ0) is 8.43. The van der Waals surface area contributed by atoms with Crippen LogP contribution in [0.3, 0.4) is 0 Å². The van der Waals surface area contributed by atoms with Crippen molar-refractivity contribution in [2.45, 2.75) is 30.6 Å². The standard InChI is InChI=1S/C8H12INO/c1-5(2)7-4-8(6(3)9)11-10-7/h4-6H,1-3H3. The van der Waals surface area contributed by atoms with Crippen LogP contribution in [-0.4, -0.2) is 5.16 Å². The molecular weight excluding hydrogens is 253 g/mol. The van der Waals surface area contributed by atoms with Gasteiger partial charge in [0.2, 0.25) is 0 Å². The number of rotatable bonds is 2. The molecule has 0 N–H and O–H groups in total. The fraction of sp³-hybridized carbons (Fsp3) is 0.625. The van der Waals surface area contributed by atoms with Gasteiger partial charge < -0.3 is 4.52 Å². The first-order chi connectivity index (χ1) is 5.11. The predicted molar refractivity (Wildman–Crippen MR) is 53.0 cm³/mol. The summed E-state index contributed by atoms with van der Waals surface area (Å²) < 4.78 is 5.54. The summed E-state index contributed by atoms with van der Waals surface area (Å²) >= 11 is 2.31. The van der Waals surface area contributed by atoms with Crippen LogP contribution in [0.1, 0.15) is 42.1 Å². The molecule has 1 rings (SSSR count). The van der Waals surface area contributed by atoms with E-state index in [1.165, 1.54) is 0 Å². The van der Waals surface area contributed by atoms with Gasteiger partial charge in [-0.15, -0.1) is 0 Å². The number of hydrogen-bond donors (Lipinski definition) is 0. The van der Waals surface area contributed by atoms with Gasteiger partial charge in [0.05, 0.1) is 9.62 Å². The molecule has 1 atom stereocenters. The summed E-state index contributed by atoms with van der Waals surface area (Å²) in [6.45, 7) is 6.31. The molecule has 0 spiro atoms. The van der Waals surface area contributed by atoms with Gasteiger partial charge in [0.15, 0.2) is 0 Å². The molecule has 62 valence electrons. The second kappa shape index (κ2) is 3.56. The highest BCUT2D eigenvalue weighted by atomic mass is 127. The normalized spacial score (nSPS) is 13.9. The lowest BCUT2D eigenvalue weighted by molar-refractivity contribution is 0.378. The van der Waals surface area contributed by atoms with E-state index in [1.807, 2.05) is 6.07 Å². The van der Waals surface area contributed by atoms with Crippen molar-refractivity contribution >= 4 is 22.6 Å². The molecule has 2 nitrogen and oxygen atoms in total. The lowest BCUT2D eigenvalue weighted by atomic mass is 10.1. The van der Waals surface area contributed by atoms with Crippen molar-refractivity contribution in [3.05, 3.63) is 17.5 Å². The topological polar surface area (TPSA) is 26.0 Å². The third kappa shape index (κ3) is 2.18. The van der Waals surface area contributed by atoms with E-state index >= 15 is 0 Å². The largest absolute Gasteiger partial charge is 0.360 e. The fourth-order valence-electron chi connectivity index (χ4n) is 0.763. The van der Waals surface area contributed by atoms with E-state index in [-0.39, 0.29) is 0 Å². The van der Waals surface area contributed by atoms with E-state index in [2.05, 4.69) is 48.5 Å². The SMILES string of the molecule is CC(C)c1cc(C(C)I)on1. The van der Waals surface area contributed by atoms with E-state index in [4.69, 9.17) is 4.52 Å². The number of hydrogen-bond acceptors (Lipinski definition) is 2. The maximum atomic E-state index is 5.13. The minimum absolute atomic E-state index is 0.410. The third-order valence-electron chi connectivity index (χ3n) is 1.53. The molecule has 1 unspecified atom stereocenters. The van der Waals surface area contributed by atoms with Gasteiger partial charge in [0, 0.05) is 6.07 Å². The molecule has 0 aliphatic carbocycles. The first kappa shape index (κ1) is 9.03. The van der Waals surface area contributed by atoms with Gasteiger partial charge in [-0.1, -0.05) is 41.6 Å². The van der Waals surface area contributed by atoms with E-state index in [0.717, 1.165) is 11.5 Å². The second-order valence-corrected chi connectivity index (χ2v) is 4.79. The number of halogens is 1. The Bertz CT molecular complexity index is 207. The highest BCUT2D eigenvalue weighted by molar-refractivity contribution is 14.1. The minimum atomic E-state index is 0.410. The number of nitrogens with zero attached hydrogens (tertiary/aromatic N) is 1. The van der Waals surface area contributed by atoms with Crippen LogP contribution in [0.25, 0.3) is 0 Å². The van der Waals surface area contributed by atoms with Gasteiger partial charge >= 0.3 is 0 Å². The molecule has 0 bridgehead atoms. The van der Waals surface area contributed by atoms with Crippen LogP contribution in [0.5, 0.6) is 0 Å². The average Bonchev–Trinajstić information content (AvgIpc) is 2.33. The monoisotopic (exact) mass is 265 g/mol. The Balaban J connectivity index is 2.82. The summed E-state index contributed by atoms with van der Waals surface area (Å²) in [5.74, 6) is 1.43. The predicted octanol–water partition coefficient (Wildman–Crippen LogP) is 3.29. The molecule has 0 fully saturated rings.